The Kier molecular flexibility index (Phi) is 2.21. The van der Waals surface area contributed by atoms with E-state index in [2.05, 4.69) is 25.7 Å². The predicted octanol–water partition coefficient (Wildman–Crippen LogP) is -0.817. The van der Waals surface area contributed by atoms with Gasteiger partial charge in [-0.15, -0.1) is 0 Å². The van der Waals surface area contributed by atoms with Gasteiger partial charge in [-0.3, -0.25) is 19.6 Å². The lowest BCUT2D eigenvalue weighted by Gasteiger charge is -2.56. The van der Waals surface area contributed by atoms with Crippen LogP contribution in [-0.2, 0) is 0 Å². The van der Waals surface area contributed by atoms with E-state index < -0.39 is 0 Å². The summed E-state index contributed by atoms with van der Waals surface area (Å²) in [6.45, 7) is 7.99. The fourth-order valence-corrected chi connectivity index (χ4v) is 4.15. The molecule has 0 aromatic heterocycles. The Labute approximate surface area is 102 Å². The van der Waals surface area contributed by atoms with E-state index in [1.165, 1.54) is 26.1 Å². The fraction of sp³-hybridized carbons (Fsp3) is 0.917. The van der Waals surface area contributed by atoms with Crippen molar-refractivity contribution in [2.24, 2.45) is 0 Å². The molecular weight excluding hydrogens is 214 g/mol. The molecule has 3 atom stereocenters. The highest BCUT2D eigenvalue weighted by molar-refractivity contribution is 5.09. The third-order valence-corrected chi connectivity index (χ3v) is 4.90. The molecule has 0 bridgehead atoms. The molecular formula is C12H19N5. The molecule has 4 fully saturated rings. The highest BCUT2D eigenvalue weighted by atomic mass is 15.6. The summed E-state index contributed by atoms with van der Waals surface area (Å²) in [5, 5.41) is 9.28. The molecule has 17 heavy (non-hydrogen) atoms. The van der Waals surface area contributed by atoms with Crippen LogP contribution in [0.1, 0.15) is 6.42 Å². The largest absolute Gasteiger partial charge is 0.284 e. The maximum absolute atomic E-state index is 9.28. The van der Waals surface area contributed by atoms with Gasteiger partial charge in [-0.2, -0.15) is 5.26 Å². The Morgan fingerprint density at radius 2 is 1.53 bits per heavy atom. The molecule has 0 radical (unpaired) electrons. The Hall–Kier alpha value is -0.670. The second-order valence-electron chi connectivity index (χ2n) is 5.63. The quantitative estimate of drug-likeness (QED) is 0.546. The van der Waals surface area contributed by atoms with E-state index in [1.54, 1.807) is 0 Å². The molecule has 4 heterocycles. The van der Waals surface area contributed by atoms with Crippen molar-refractivity contribution in [1.82, 2.24) is 19.6 Å². The van der Waals surface area contributed by atoms with Crippen molar-refractivity contribution in [1.29, 1.82) is 5.26 Å². The lowest BCUT2D eigenvalue weighted by atomic mass is 10.1. The van der Waals surface area contributed by atoms with Crippen molar-refractivity contribution in [2.75, 3.05) is 45.8 Å². The van der Waals surface area contributed by atoms with Gasteiger partial charge in [0.25, 0.3) is 0 Å². The van der Waals surface area contributed by atoms with Gasteiger partial charge in [0, 0.05) is 45.8 Å². The molecule has 0 N–H and O–H groups in total. The molecule has 4 rings (SSSR count). The van der Waals surface area contributed by atoms with Crippen LogP contribution in [-0.4, -0.2) is 83.8 Å². The zero-order valence-corrected chi connectivity index (χ0v) is 10.1. The van der Waals surface area contributed by atoms with E-state index in [0.29, 0.717) is 12.3 Å². The van der Waals surface area contributed by atoms with Gasteiger partial charge in [0.05, 0.1) is 18.4 Å². The number of nitriles is 1. The first-order valence-corrected chi connectivity index (χ1v) is 6.76. The molecule has 0 aromatic carbocycles. The topological polar surface area (TPSA) is 36.8 Å². The number of nitrogens with zero attached hydrogens (tertiary/aromatic N) is 5. The average Bonchev–Trinajstić information content (AvgIpc) is 2.76. The molecule has 0 unspecified atom stereocenters. The van der Waals surface area contributed by atoms with Crippen LogP contribution in [0.25, 0.3) is 0 Å². The first-order chi connectivity index (χ1) is 8.38. The van der Waals surface area contributed by atoms with Crippen molar-refractivity contribution in [3.05, 3.63) is 0 Å². The van der Waals surface area contributed by atoms with Crippen LogP contribution in [0.3, 0.4) is 0 Å². The van der Waals surface area contributed by atoms with Gasteiger partial charge < -0.3 is 0 Å². The van der Waals surface area contributed by atoms with E-state index >= 15 is 0 Å². The molecule has 0 spiro atoms. The van der Waals surface area contributed by atoms with Crippen molar-refractivity contribution < 1.29 is 0 Å². The summed E-state index contributed by atoms with van der Waals surface area (Å²) in [4.78, 5) is 10.2. The van der Waals surface area contributed by atoms with Crippen molar-refractivity contribution in [2.45, 2.75) is 24.8 Å². The Morgan fingerprint density at radius 1 is 0.824 bits per heavy atom. The maximum atomic E-state index is 9.28. The third-order valence-electron chi connectivity index (χ3n) is 4.90. The Morgan fingerprint density at radius 3 is 2.29 bits per heavy atom. The zero-order chi connectivity index (χ0) is 11.4. The SMILES string of the molecule is N#C[C@H]1CN2CCN3CCCN4CCN1[C@H]2[C@H]34. The Balaban J connectivity index is 1.69. The second kappa shape index (κ2) is 3.66. The number of piperazine rings is 2. The van der Waals surface area contributed by atoms with Gasteiger partial charge >= 0.3 is 0 Å². The van der Waals surface area contributed by atoms with Crippen LogP contribution in [0.5, 0.6) is 0 Å². The molecule has 4 saturated heterocycles. The van der Waals surface area contributed by atoms with Crippen LogP contribution in [0.2, 0.25) is 0 Å². The summed E-state index contributed by atoms with van der Waals surface area (Å²) in [5.41, 5.74) is 0. The van der Waals surface area contributed by atoms with Crippen LogP contribution >= 0.6 is 0 Å². The van der Waals surface area contributed by atoms with E-state index in [1.807, 2.05) is 0 Å². The van der Waals surface area contributed by atoms with Gasteiger partial charge in [-0.05, 0) is 6.42 Å². The smallest absolute Gasteiger partial charge is 0.112 e. The molecule has 5 nitrogen and oxygen atoms in total. The minimum absolute atomic E-state index is 0.129. The summed E-state index contributed by atoms with van der Waals surface area (Å²) in [6.07, 6.45) is 2.36. The summed E-state index contributed by atoms with van der Waals surface area (Å²) in [7, 11) is 0. The average molecular weight is 233 g/mol. The molecule has 4 aliphatic rings. The molecule has 5 heteroatoms. The van der Waals surface area contributed by atoms with E-state index in [9.17, 15) is 5.26 Å². The molecule has 0 aliphatic carbocycles. The number of rotatable bonds is 0. The van der Waals surface area contributed by atoms with Gasteiger partial charge in [-0.1, -0.05) is 0 Å². The van der Waals surface area contributed by atoms with Crippen molar-refractivity contribution in [3.8, 4) is 6.07 Å². The monoisotopic (exact) mass is 233 g/mol. The highest BCUT2D eigenvalue weighted by Crippen LogP contribution is 2.34. The normalized spacial score (nSPS) is 43.4. The molecule has 0 aromatic rings. The number of hydrogen-bond acceptors (Lipinski definition) is 5. The maximum Gasteiger partial charge on any atom is 0.112 e. The molecule has 4 aliphatic heterocycles. The summed E-state index contributed by atoms with van der Waals surface area (Å²) >= 11 is 0. The van der Waals surface area contributed by atoms with Gasteiger partial charge in [0.2, 0.25) is 0 Å². The van der Waals surface area contributed by atoms with Gasteiger partial charge in [0.1, 0.15) is 6.04 Å². The third kappa shape index (κ3) is 1.33. The molecule has 0 amide bonds. The van der Waals surface area contributed by atoms with Crippen LogP contribution in [0.4, 0.5) is 0 Å². The number of hydrogen-bond donors (Lipinski definition) is 0. The fourth-order valence-electron chi connectivity index (χ4n) is 4.15. The van der Waals surface area contributed by atoms with E-state index in [0.717, 1.165) is 26.2 Å². The highest BCUT2D eigenvalue weighted by Gasteiger charge is 2.52. The minimum atomic E-state index is 0.129. The van der Waals surface area contributed by atoms with Crippen molar-refractivity contribution in [3.63, 3.8) is 0 Å². The molecule has 0 saturated carbocycles. The zero-order valence-electron chi connectivity index (χ0n) is 10.1. The summed E-state index contributed by atoms with van der Waals surface area (Å²) in [6, 6.07) is 2.62. The Bertz CT molecular complexity index is 358. The summed E-state index contributed by atoms with van der Waals surface area (Å²) < 4.78 is 0. The molecule has 92 valence electrons. The van der Waals surface area contributed by atoms with Crippen LogP contribution in [0.15, 0.2) is 0 Å². The van der Waals surface area contributed by atoms with Crippen LogP contribution < -0.4 is 0 Å². The summed E-state index contributed by atoms with van der Waals surface area (Å²) in [5.74, 6) is 0. The lowest BCUT2D eigenvalue weighted by molar-refractivity contribution is -0.138. The van der Waals surface area contributed by atoms with Crippen molar-refractivity contribution >= 4 is 0 Å². The van der Waals surface area contributed by atoms with Gasteiger partial charge in [0.15, 0.2) is 0 Å². The van der Waals surface area contributed by atoms with Gasteiger partial charge in [-0.25, -0.2) is 0 Å². The first-order valence-electron chi connectivity index (χ1n) is 6.76. The standard InChI is InChI=1S/C12H19N5/c13-8-10-9-16-5-4-14-2-1-3-15-6-7-17(10)12(16)11(14)15/h10-12H,1-7,9H2/t10-,11+,12-/m0/s1. The lowest BCUT2D eigenvalue weighted by Crippen LogP contribution is -2.73. The minimum Gasteiger partial charge on any atom is -0.284 e. The van der Waals surface area contributed by atoms with E-state index in [-0.39, 0.29) is 6.04 Å². The first kappa shape index (κ1) is 10.3. The second-order valence-corrected chi connectivity index (χ2v) is 5.63. The van der Waals surface area contributed by atoms with Crippen LogP contribution in [0, 0.1) is 11.3 Å². The van der Waals surface area contributed by atoms with E-state index in [4.69, 9.17) is 0 Å². The predicted molar refractivity (Wildman–Crippen MR) is 63.0 cm³/mol.